The van der Waals surface area contributed by atoms with E-state index in [0.717, 1.165) is 51.4 Å². The highest BCUT2D eigenvalue weighted by molar-refractivity contribution is 6.03. The number of fused-ring (bicyclic) bond motifs is 1. The minimum atomic E-state index is -1.11. The monoisotopic (exact) mass is 521 g/mol. The number of methoxy groups -OCH3 is 1. The normalized spacial score (nSPS) is 36.3. The van der Waals surface area contributed by atoms with Gasteiger partial charge in [-0.25, -0.2) is 0 Å². The predicted octanol–water partition coefficient (Wildman–Crippen LogP) is 3.81. The van der Waals surface area contributed by atoms with Crippen LogP contribution in [0.1, 0.15) is 64.7 Å². The number of rotatable bonds is 6. The molecule has 2 N–H and O–H groups in total. The maximum atomic E-state index is 14.2. The van der Waals surface area contributed by atoms with Crippen LogP contribution in [0.25, 0.3) is 0 Å². The summed E-state index contributed by atoms with van der Waals surface area (Å²) < 4.78 is 11.7. The van der Waals surface area contributed by atoms with Crippen LogP contribution in [0.3, 0.4) is 0 Å². The molecule has 3 heterocycles. The number of amides is 3. The molecule has 4 fully saturated rings. The highest BCUT2D eigenvalue weighted by Crippen LogP contribution is 2.56. The van der Waals surface area contributed by atoms with Crippen LogP contribution in [0.4, 0.5) is 5.69 Å². The second-order valence-corrected chi connectivity index (χ2v) is 11.9. The van der Waals surface area contributed by atoms with Gasteiger partial charge in [-0.05, 0) is 68.7 Å². The molecule has 8 nitrogen and oxygen atoms in total. The van der Waals surface area contributed by atoms with E-state index in [1.165, 1.54) is 6.42 Å². The van der Waals surface area contributed by atoms with Gasteiger partial charge in [0.2, 0.25) is 17.7 Å². The summed E-state index contributed by atoms with van der Waals surface area (Å²) in [7, 11) is 1.59. The lowest BCUT2D eigenvalue weighted by Crippen LogP contribution is -2.58. The fraction of sp³-hybridized carbons (Fsp3) is 0.633. The number of benzene rings is 1. The van der Waals surface area contributed by atoms with Gasteiger partial charge in [-0.1, -0.05) is 38.3 Å². The first kappa shape index (κ1) is 25.4. The third kappa shape index (κ3) is 4.21. The molecule has 0 radical (unpaired) electrons. The van der Waals surface area contributed by atoms with Gasteiger partial charge in [-0.3, -0.25) is 14.4 Å². The van der Waals surface area contributed by atoms with Crippen LogP contribution in [-0.4, -0.2) is 59.6 Å². The zero-order valence-corrected chi connectivity index (χ0v) is 22.4. The third-order valence-corrected chi connectivity index (χ3v) is 9.55. The Morgan fingerprint density at radius 2 is 1.71 bits per heavy atom. The molecule has 1 spiro atoms. The number of carbonyl (C=O) groups excluding carboxylic acids is 3. The first-order valence-electron chi connectivity index (χ1n) is 14.4. The zero-order chi connectivity index (χ0) is 26.4. The fourth-order valence-electron chi connectivity index (χ4n) is 7.55. The minimum Gasteiger partial charge on any atom is -0.497 e. The summed E-state index contributed by atoms with van der Waals surface area (Å²) in [6.45, 7) is 2.25. The van der Waals surface area contributed by atoms with Gasteiger partial charge in [0.1, 0.15) is 17.4 Å². The number of nitrogens with zero attached hydrogens (tertiary/aromatic N) is 1. The number of anilines is 1. The fourth-order valence-corrected chi connectivity index (χ4v) is 7.55. The molecule has 3 aliphatic heterocycles. The largest absolute Gasteiger partial charge is 0.497 e. The van der Waals surface area contributed by atoms with Gasteiger partial charge in [0, 0.05) is 17.8 Å². The van der Waals surface area contributed by atoms with Crippen molar-refractivity contribution >= 4 is 23.4 Å². The average molecular weight is 522 g/mol. The van der Waals surface area contributed by atoms with E-state index < -0.39 is 29.6 Å². The summed E-state index contributed by atoms with van der Waals surface area (Å²) in [4.78, 5) is 43.7. The second-order valence-electron chi connectivity index (χ2n) is 11.9. The summed E-state index contributed by atoms with van der Waals surface area (Å²) in [5.74, 6) is -0.586. The molecule has 0 aromatic heterocycles. The molecule has 2 saturated heterocycles. The molecule has 3 unspecified atom stereocenters. The minimum absolute atomic E-state index is 0.0119. The lowest BCUT2D eigenvalue weighted by molar-refractivity contribution is -0.145. The van der Waals surface area contributed by atoms with Gasteiger partial charge in [0.15, 0.2) is 0 Å². The number of nitrogens with one attached hydrogen (secondary N) is 2. The van der Waals surface area contributed by atoms with E-state index in [-0.39, 0.29) is 29.8 Å². The predicted molar refractivity (Wildman–Crippen MR) is 142 cm³/mol. The van der Waals surface area contributed by atoms with Gasteiger partial charge in [-0.15, -0.1) is 0 Å². The van der Waals surface area contributed by atoms with Crippen molar-refractivity contribution in [3.05, 3.63) is 36.4 Å². The van der Waals surface area contributed by atoms with Crippen molar-refractivity contribution in [3.8, 4) is 5.75 Å². The van der Waals surface area contributed by atoms with E-state index in [1.807, 2.05) is 17.1 Å². The van der Waals surface area contributed by atoms with Gasteiger partial charge >= 0.3 is 0 Å². The van der Waals surface area contributed by atoms with Crippen molar-refractivity contribution < 1.29 is 23.9 Å². The molecular formula is C30H39N3O5. The number of carbonyl (C=O) groups is 3. The van der Waals surface area contributed by atoms with E-state index in [4.69, 9.17) is 9.47 Å². The smallest absolute Gasteiger partial charge is 0.246 e. The van der Waals surface area contributed by atoms with Gasteiger partial charge < -0.3 is 25.0 Å². The standard InChI is InChI=1S/C30H39N3O5/c1-18-8-12-21(13-9-18)33-26(28(35)32-19-6-4-3-5-7-19)30-17-16-23(38-30)24(25(30)29(33)36)27(34)31-20-10-14-22(37-2)15-11-20/h10-11,14-19,21,23-26H,3-9,12-13H2,1-2H3,(H,31,34)(H,32,35)/t18?,21?,23-,24?,25-,26?,30?/m0/s1. The molecule has 2 saturated carbocycles. The van der Waals surface area contributed by atoms with Crippen LogP contribution < -0.4 is 15.4 Å². The molecule has 2 aliphatic carbocycles. The Labute approximate surface area is 224 Å². The van der Waals surface area contributed by atoms with Crippen LogP contribution in [0.2, 0.25) is 0 Å². The van der Waals surface area contributed by atoms with Crippen molar-refractivity contribution in [2.45, 2.75) is 94.5 Å². The van der Waals surface area contributed by atoms with Crippen molar-refractivity contribution in [1.82, 2.24) is 10.2 Å². The molecule has 3 amide bonds. The topological polar surface area (TPSA) is 97.0 Å². The Morgan fingerprint density at radius 3 is 2.39 bits per heavy atom. The maximum absolute atomic E-state index is 14.2. The molecule has 5 atom stereocenters. The Hall–Kier alpha value is -2.87. The van der Waals surface area contributed by atoms with Crippen LogP contribution in [-0.2, 0) is 19.1 Å². The van der Waals surface area contributed by atoms with Crippen LogP contribution in [0.5, 0.6) is 5.75 Å². The maximum Gasteiger partial charge on any atom is 0.246 e. The number of hydrogen-bond donors (Lipinski definition) is 2. The summed E-state index contributed by atoms with van der Waals surface area (Å²) >= 11 is 0. The quantitative estimate of drug-likeness (QED) is 0.555. The first-order chi connectivity index (χ1) is 18.4. The lowest BCUT2D eigenvalue weighted by atomic mass is 9.74. The molecular weight excluding hydrogens is 482 g/mol. The molecule has 1 aromatic carbocycles. The SMILES string of the molecule is COc1ccc(NC(=O)C2[C@@H]3C=CC4(O3)C(C(=O)NC3CCCCC3)N(C3CCC(C)CC3)C(=O)[C@H]24)cc1. The second kappa shape index (κ2) is 10.0. The molecule has 38 heavy (non-hydrogen) atoms. The Morgan fingerprint density at radius 1 is 1.00 bits per heavy atom. The number of likely N-dealkylation sites (tertiary alicyclic amines) is 1. The Bertz CT molecular complexity index is 1110. The molecule has 8 heteroatoms. The van der Waals surface area contributed by atoms with Crippen molar-refractivity contribution in [2.24, 2.45) is 17.8 Å². The number of hydrogen-bond acceptors (Lipinski definition) is 5. The lowest BCUT2D eigenvalue weighted by Gasteiger charge is -2.40. The summed E-state index contributed by atoms with van der Waals surface area (Å²) in [5, 5.41) is 6.27. The van der Waals surface area contributed by atoms with E-state index in [1.54, 1.807) is 31.4 Å². The van der Waals surface area contributed by atoms with Crippen molar-refractivity contribution in [2.75, 3.05) is 12.4 Å². The van der Waals surface area contributed by atoms with E-state index in [9.17, 15) is 14.4 Å². The number of ether oxygens (including phenoxy) is 2. The van der Waals surface area contributed by atoms with Crippen molar-refractivity contribution in [3.63, 3.8) is 0 Å². The summed E-state index contributed by atoms with van der Waals surface area (Å²) in [6.07, 6.45) is 12.4. The summed E-state index contributed by atoms with van der Waals surface area (Å²) in [6, 6.07) is 6.50. The third-order valence-electron chi connectivity index (χ3n) is 9.55. The molecule has 6 rings (SSSR count). The van der Waals surface area contributed by atoms with E-state index in [2.05, 4.69) is 17.6 Å². The zero-order valence-electron chi connectivity index (χ0n) is 22.4. The molecule has 204 valence electrons. The van der Waals surface area contributed by atoms with Gasteiger partial charge in [-0.2, -0.15) is 0 Å². The molecule has 5 aliphatic rings. The van der Waals surface area contributed by atoms with E-state index in [0.29, 0.717) is 17.4 Å². The summed E-state index contributed by atoms with van der Waals surface area (Å²) in [5.41, 5.74) is -0.474. The highest BCUT2D eigenvalue weighted by Gasteiger charge is 2.73. The van der Waals surface area contributed by atoms with Gasteiger partial charge in [0.25, 0.3) is 0 Å². The van der Waals surface area contributed by atoms with Gasteiger partial charge in [0.05, 0.1) is 25.0 Å². The van der Waals surface area contributed by atoms with E-state index >= 15 is 0 Å². The van der Waals surface area contributed by atoms with Crippen LogP contribution in [0.15, 0.2) is 36.4 Å². The first-order valence-corrected chi connectivity index (χ1v) is 14.4. The Kier molecular flexibility index (Phi) is 6.70. The molecule has 2 bridgehead atoms. The van der Waals surface area contributed by atoms with Crippen LogP contribution >= 0.6 is 0 Å². The molecule has 1 aromatic rings. The Balaban J connectivity index is 1.30. The average Bonchev–Trinajstić information content (AvgIpc) is 3.57. The highest BCUT2D eigenvalue weighted by atomic mass is 16.5. The van der Waals surface area contributed by atoms with Crippen molar-refractivity contribution in [1.29, 1.82) is 0 Å². The van der Waals surface area contributed by atoms with Crippen LogP contribution in [0, 0.1) is 17.8 Å².